The highest BCUT2D eigenvalue weighted by Gasteiger charge is 2.27. The van der Waals surface area contributed by atoms with Gasteiger partial charge >= 0.3 is 0 Å². The summed E-state index contributed by atoms with van der Waals surface area (Å²) in [6.45, 7) is 5.07. The summed E-state index contributed by atoms with van der Waals surface area (Å²) >= 11 is 0. The quantitative estimate of drug-likeness (QED) is 0.923. The normalized spacial score (nSPS) is 14.3. The topological polar surface area (TPSA) is 55.0 Å². The molecule has 0 atom stereocenters. The maximum atomic E-state index is 5.95. The van der Waals surface area contributed by atoms with E-state index in [4.69, 9.17) is 10.7 Å². The highest BCUT2D eigenvalue weighted by Crippen LogP contribution is 2.39. The minimum absolute atomic E-state index is 0.508. The molecule has 1 fully saturated rings. The number of nitrogens with zero attached hydrogens (tertiary/aromatic N) is 3. The third-order valence-electron chi connectivity index (χ3n) is 3.60. The number of benzene rings is 1. The number of nitrogens with two attached hydrogens (primary N) is 1. The van der Waals surface area contributed by atoms with Crippen molar-refractivity contribution in [1.29, 1.82) is 0 Å². The maximum absolute atomic E-state index is 5.95. The van der Waals surface area contributed by atoms with Crippen molar-refractivity contribution in [2.24, 2.45) is 0 Å². The number of aryl methyl sites for hydroxylation is 1. The Morgan fingerprint density at radius 2 is 2.05 bits per heavy atom. The summed E-state index contributed by atoms with van der Waals surface area (Å²) in [4.78, 5) is 11.2. The first kappa shape index (κ1) is 12.9. The summed E-state index contributed by atoms with van der Waals surface area (Å²) in [7, 11) is 0. The first-order valence-electron chi connectivity index (χ1n) is 7.16. The molecule has 2 N–H and O–H groups in total. The first-order valence-corrected chi connectivity index (χ1v) is 7.16. The van der Waals surface area contributed by atoms with Gasteiger partial charge in [-0.1, -0.05) is 12.1 Å². The van der Waals surface area contributed by atoms with Crippen molar-refractivity contribution in [3.05, 3.63) is 41.7 Å². The molecule has 104 valence electrons. The molecular weight excluding hydrogens is 248 g/mol. The monoisotopic (exact) mass is 268 g/mol. The summed E-state index contributed by atoms with van der Waals surface area (Å²) < 4.78 is 0. The third-order valence-corrected chi connectivity index (χ3v) is 3.60. The lowest BCUT2D eigenvalue weighted by atomic mass is 10.2. The summed E-state index contributed by atoms with van der Waals surface area (Å²) in [5.74, 6) is 2.86. The molecule has 1 aliphatic carbocycles. The van der Waals surface area contributed by atoms with Gasteiger partial charge in [0.15, 0.2) is 0 Å². The van der Waals surface area contributed by atoms with Gasteiger partial charge in [0.05, 0.1) is 0 Å². The van der Waals surface area contributed by atoms with Gasteiger partial charge in [-0.25, -0.2) is 9.97 Å². The van der Waals surface area contributed by atoms with Crippen molar-refractivity contribution in [3.8, 4) is 0 Å². The van der Waals surface area contributed by atoms with E-state index in [0.717, 1.165) is 23.9 Å². The van der Waals surface area contributed by atoms with E-state index in [1.807, 2.05) is 6.07 Å². The average molecular weight is 268 g/mol. The van der Waals surface area contributed by atoms with Crippen LogP contribution >= 0.6 is 0 Å². The molecule has 0 aliphatic heterocycles. The molecule has 0 unspecified atom stereocenters. The number of aromatic nitrogens is 2. The molecule has 1 aromatic heterocycles. The van der Waals surface area contributed by atoms with Crippen LogP contribution in [0.5, 0.6) is 0 Å². The van der Waals surface area contributed by atoms with Crippen LogP contribution in [0.2, 0.25) is 0 Å². The lowest BCUT2D eigenvalue weighted by Gasteiger charge is -2.23. The van der Waals surface area contributed by atoms with Gasteiger partial charge in [0.25, 0.3) is 0 Å². The molecule has 1 heterocycles. The zero-order valence-electron chi connectivity index (χ0n) is 12.0. The highest BCUT2D eigenvalue weighted by atomic mass is 15.2. The lowest BCUT2D eigenvalue weighted by molar-refractivity contribution is 0.898. The second-order valence-corrected chi connectivity index (χ2v) is 5.37. The fourth-order valence-electron chi connectivity index (χ4n) is 2.41. The molecule has 4 nitrogen and oxygen atoms in total. The predicted molar refractivity (Wildman–Crippen MR) is 82.3 cm³/mol. The number of rotatable bonds is 4. The van der Waals surface area contributed by atoms with Crippen LogP contribution in [0, 0.1) is 6.92 Å². The van der Waals surface area contributed by atoms with E-state index in [9.17, 15) is 0 Å². The summed E-state index contributed by atoms with van der Waals surface area (Å²) in [6, 6.07) is 10.3. The van der Waals surface area contributed by atoms with Crippen LogP contribution in [-0.2, 0) is 0 Å². The Balaban J connectivity index is 2.00. The van der Waals surface area contributed by atoms with Gasteiger partial charge in [-0.2, -0.15) is 0 Å². The van der Waals surface area contributed by atoms with Crippen LogP contribution in [0.15, 0.2) is 30.3 Å². The predicted octanol–water partition coefficient (Wildman–Crippen LogP) is 3.40. The number of anilines is 3. The molecule has 20 heavy (non-hydrogen) atoms. The van der Waals surface area contributed by atoms with Crippen LogP contribution in [0.1, 0.15) is 37.1 Å². The van der Waals surface area contributed by atoms with Gasteiger partial charge in [-0.15, -0.1) is 0 Å². The molecule has 0 saturated heterocycles. The smallest absolute Gasteiger partial charge is 0.138 e. The molecule has 3 rings (SSSR count). The Kier molecular flexibility index (Phi) is 3.30. The number of hydrogen-bond acceptors (Lipinski definition) is 4. The summed E-state index contributed by atoms with van der Waals surface area (Å²) in [6.07, 6.45) is 2.36. The van der Waals surface area contributed by atoms with Crippen LogP contribution in [0.3, 0.4) is 0 Å². The molecule has 0 amide bonds. The number of nitrogen functional groups attached to an aromatic ring is 1. The summed E-state index contributed by atoms with van der Waals surface area (Å²) in [5, 5.41) is 0. The van der Waals surface area contributed by atoms with Crippen molar-refractivity contribution in [2.75, 3.05) is 17.2 Å². The second-order valence-electron chi connectivity index (χ2n) is 5.37. The van der Waals surface area contributed by atoms with Crippen molar-refractivity contribution in [1.82, 2.24) is 9.97 Å². The Morgan fingerprint density at radius 1 is 1.25 bits per heavy atom. The van der Waals surface area contributed by atoms with Crippen LogP contribution in [-0.4, -0.2) is 16.5 Å². The lowest BCUT2D eigenvalue weighted by Crippen LogP contribution is -2.18. The fourth-order valence-corrected chi connectivity index (χ4v) is 2.41. The van der Waals surface area contributed by atoms with Gasteiger partial charge < -0.3 is 10.6 Å². The molecule has 0 spiro atoms. The van der Waals surface area contributed by atoms with Gasteiger partial charge in [0.1, 0.15) is 17.5 Å². The van der Waals surface area contributed by atoms with Gasteiger partial charge in [0.2, 0.25) is 0 Å². The van der Waals surface area contributed by atoms with E-state index in [2.05, 4.69) is 48.0 Å². The van der Waals surface area contributed by atoms with E-state index in [1.54, 1.807) is 0 Å². The SMILES string of the molecule is CCN(c1cccc(C)c1)c1cc(N)nc(C2CC2)n1. The molecule has 2 aromatic rings. The maximum Gasteiger partial charge on any atom is 0.138 e. The molecule has 0 radical (unpaired) electrons. The Labute approximate surface area is 119 Å². The molecule has 1 aliphatic rings. The largest absolute Gasteiger partial charge is 0.384 e. The average Bonchev–Trinajstić information content (AvgIpc) is 3.23. The molecule has 1 saturated carbocycles. The van der Waals surface area contributed by atoms with Gasteiger partial charge in [-0.05, 0) is 44.4 Å². The minimum Gasteiger partial charge on any atom is -0.384 e. The molecular formula is C16H20N4. The zero-order chi connectivity index (χ0) is 14.1. The molecule has 0 bridgehead atoms. The van der Waals surface area contributed by atoms with Gasteiger partial charge in [-0.3, -0.25) is 0 Å². The zero-order valence-corrected chi connectivity index (χ0v) is 12.0. The van der Waals surface area contributed by atoms with Crippen molar-refractivity contribution < 1.29 is 0 Å². The van der Waals surface area contributed by atoms with Crippen LogP contribution in [0.25, 0.3) is 0 Å². The summed E-state index contributed by atoms with van der Waals surface area (Å²) in [5.41, 5.74) is 8.33. The highest BCUT2D eigenvalue weighted by molar-refractivity contribution is 5.62. The van der Waals surface area contributed by atoms with E-state index >= 15 is 0 Å². The van der Waals surface area contributed by atoms with Crippen molar-refractivity contribution in [2.45, 2.75) is 32.6 Å². The number of hydrogen-bond donors (Lipinski definition) is 1. The standard InChI is InChI=1S/C16H20N4/c1-3-20(13-6-4-5-11(2)9-13)15-10-14(17)18-16(19-15)12-7-8-12/h4-6,9-10,12H,3,7-8H2,1-2H3,(H2,17,18,19). The minimum atomic E-state index is 0.508. The van der Waals surface area contributed by atoms with E-state index in [1.165, 1.54) is 18.4 Å². The second kappa shape index (κ2) is 5.12. The Morgan fingerprint density at radius 3 is 2.70 bits per heavy atom. The Bertz CT molecular complexity index is 620. The third kappa shape index (κ3) is 2.59. The van der Waals surface area contributed by atoms with Crippen molar-refractivity contribution >= 4 is 17.3 Å². The van der Waals surface area contributed by atoms with Crippen LogP contribution < -0.4 is 10.6 Å². The Hall–Kier alpha value is -2.10. The van der Waals surface area contributed by atoms with Gasteiger partial charge in [0, 0.05) is 24.2 Å². The van der Waals surface area contributed by atoms with Crippen LogP contribution in [0.4, 0.5) is 17.3 Å². The van der Waals surface area contributed by atoms with E-state index < -0.39 is 0 Å². The molecule has 1 aromatic carbocycles. The van der Waals surface area contributed by atoms with Crippen molar-refractivity contribution in [3.63, 3.8) is 0 Å². The van der Waals surface area contributed by atoms with E-state index in [0.29, 0.717) is 11.7 Å². The van der Waals surface area contributed by atoms with E-state index in [-0.39, 0.29) is 0 Å². The first-order chi connectivity index (χ1) is 9.67. The molecule has 4 heteroatoms. The fraction of sp³-hybridized carbons (Fsp3) is 0.375.